The summed E-state index contributed by atoms with van der Waals surface area (Å²) in [7, 11) is 3.36. The zero-order valence-corrected chi connectivity index (χ0v) is 17.5. The van der Waals surface area contributed by atoms with Crippen LogP contribution in [0.4, 0.5) is 4.39 Å². The first-order valence-electron chi connectivity index (χ1n) is 10.1. The SMILES string of the molecule is COc1ccc(CN2CCN(Cc3ccc(F)cc3)C(CCO)C2)c(OC)c1C. The van der Waals surface area contributed by atoms with E-state index < -0.39 is 0 Å². The van der Waals surface area contributed by atoms with Crippen molar-refractivity contribution in [3.63, 3.8) is 0 Å². The molecule has 0 aliphatic carbocycles. The molecule has 1 aliphatic rings. The summed E-state index contributed by atoms with van der Waals surface area (Å²) in [4.78, 5) is 4.79. The standard InChI is InChI=1S/C23H31FN2O3/c1-17-22(28-2)9-6-19(23(17)29-3)15-25-11-12-26(21(16-25)10-13-27)14-18-4-7-20(24)8-5-18/h4-9,21,27H,10-16H2,1-3H3. The summed E-state index contributed by atoms with van der Waals surface area (Å²) >= 11 is 0. The minimum absolute atomic E-state index is 0.156. The zero-order valence-electron chi connectivity index (χ0n) is 17.5. The molecule has 29 heavy (non-hydrogen) atoms. The van der Waals surface area contributed by atoms with E-state index in [1.54, 1.807) is 14.2 Å². The molecular weight excluding hydrogens is 371 g/mol. The molecule has 0 spiro atoms. The number of ether oxygens (including phenoxy) is 2. The first-order valence-corrected chi connectivity index (χ1v) is 10.1. The summed E-state index contributed by atoms with van der Waals surface area (Å²) in [6.45, 7) is 6.43. The molecule has 158 valence electrons. The van der Waals surface area contributed by atoms with E-state index >= 15 is 0 Å². The van der Waals surface area contributed by atoms with Gasteiger partial charge in [0, 0.05) is 56.5 Å². The molecule has 1 N–H and O–H groups in total. The van der Waals surface area contributed by atoms with Gasteiger partial charge in [0.2, 0.25) is 0 Å². The van der Waals surface area contributed by atoms with Gasteiger partial charge in [-0.2, -0.15) is 0 Å². The van der Waals surface area contributed by atoms with Crippen LogP contribution >= 0.6 is 0 Å². The second-order valence-corrected chi connectivity index (χ2v) is 7.58. The van der Waals surface area contributed by atoms with Crippen molar-refractivity contribution in [1.29, 1.82) is 0 Å². The van der Waals surface area contributed by atoms with Crippen LogP contribution in [0.25, 0.3) is 0 Å². The summed E-state index contributed by atoms with van der Waals surface area (Å²) in [5, 5.41) is 9.56. The van der Waals surface area contributed by atoms with Gasteiger partial charge in [-0.25, -0.2) is 4.39 Å². The predicted octanol–water partition coefficient (Wildman–Crippen LogP) is 3.22. The van der Waals surface area contributed by atoms with Crippen molar-refractivity contribution in [2.75, 3.05) is 40.5 Å². The van der Waals surface area contributed by atoms with Crippen molar-refractivity contribution in [3.05, 3.63) is 58.9 Å². The summed E-state index contributed by atoms with van der Waals surface area (Å²) in [5.74, 6) is 1.49. The molecule has 0 amide bonds. The molecule has 1 heterocycles. The smallest absolute Gasteiger partial charge is 0.129 e. The van der Waals surface area contributed by atoms with Crippen LogP contribution in [-0.2, 0) is 13.1 Å². The van der Waals surface area contributed by atoms with Crippen molar-refractivity contribution < 1.29 is 19.0 Å². The van der Waals surface area contributed by atoms with E-state index in [0.717, 1.165) is 67.3 Å². The molecule has 1 unspecified atom stereocenters. The highest BCUT2D eigenvalue weighted by molar-refractivity contribution is 5.49. The van der Waals surface area contributed by atoms with E-state index in [-0.39, 0.29) is 18.5 Å². The largest absolute Gasteiger partial charge is 0.496 e. The molecule has 5 nitrogen and oxygen atoms in total. The molecule has 1 saturated heterocycles. The number of halogens is 1. The lowest BCUT2D eigenvalue weighted by molar-refractivity contribution is 0.0496. The van der Waals surface area contributed by atoms with Crippen LogP contribution in [0, 0.1) is 12.7 Å². The van der Waals surface area contributed by atoms with E-state index in [1.165, 1.54) is 12.1 Å². The highest BCUT2D eigenvalue weighted by atomic mass is 19.1. The molecule has 1 atom stereocenters. The van der Waals surface area contributed by atoms with Crippen LogP contribution in [0.5, 0.6) is 11.5 Å². The topological polar surface area (TPSA) is 45.2 Å². The molecule has 0 radical (unpaired) electrons. The number of hydrogen-bond donors (Lipinski definition) is 1. The molecule has 2 aromatic carbocycles. The van der Waals surface area contributed by atoms with Gasteiger partial charge >= 0.3 is 0 Å². The van der Waals surface area contributed by atoms with Gasteiger partial charge in [0.1, 0.15) is 17.3 Å². The molecule has 1 aliphatic heterocycles. The van der Waals surface area contributed by atoms with E-state index in [2.05, 4.69) is 15.9 Å². The number of methoxy groups -OCH3 is 2. The van der Waals surface area contributed by atoms with Crippen LogP contribution in [0.15, 0.2) is 36.4 Å². The number of aliphatic hydroxyl groups excluding tert-OH is 1. The number of hydrogen-bond acceptors (Lipinski definition) is 5. The lowest BCUT2D eigenvalue weighted by Crippen LogP contribution is -2.52. The van der Waals surface area contributed by atoms with Gasteiger partial charge in [0.05, 0.1) is 14.2 Å². The minimum Gasteiger partial charge on any atom is -0.496 e. The Kier molecular flexibility index (Phi) is 7.47. The lowest BCUT2D eigenvalue weighted by atomic mass is 10.0. The Hall–Kier alpha value is -2.15. The molecule has 0 saturated carbocycles. The molecule has 0 aromatic heterocycles. The minimum atomic E-state index is -0.214. The molecule has 3 rings (SSSR count). The molecule has 6 heteroatoms. The average molecular weight is 403 g/mol. The Bertz CT molecular complexity index is 797. The van der Waals surface area contributed by atoms with Gasteiger partial charge in [-0.1, -0.05) is 18.2 Å². The van der Waals surface area contributed by atoms with E-state index in [1.807, 2.05) is 25.1 Å². The Balaban J connectivity index is 1.69. The van der Waals surface area contributed by atoms with Gasteiger partial charge in [0.25, 0.3) is 0 Å². The maximum Gasteiger partial charge on any atom is 0.129 e. The van der Waals surface area contributed by atoms with Gasteiger partial charge in [0.15, 0.2) is 0 Å². The van der Waals surface area contributed by atoms with Gasteiger partial charge in [-0.05, 0) is 37.1 Å². The molecule has 1 fully saturated rings. The Morgan fingerprint density at radius 2 is 1.79 bits per heavy atom. The number of benzene rings is 2. The van der Waals surface area contributed by atoms with E-state index in [9.17, 15) is 9.50 Å². The third kappa shape index (κ3) is 5.26. The molecule has 2 aromatic rings. The van der Waals surface area contributed by atoms with E-state index in [0.29, 0.717) is 0 Å². The van der Waals surface area contributed by atoms with Crippen LogP contribution in [-0.4, -0.2) is 61.4 Å². The maximum absolute atomic E-state index is 13.2. The monoisotopic (exact) mass is 402 g/mol. The number of piperazine rings is 1. The molecular formula is C23H31FN2O3. The number of nitrogens with zero attached hydrogens (tertiary/aromatic N) is 2. The van der Waals surface area contributed by atoms with Gasteiger partial charge < -0.3 is 14.6 Å². The third-order valence-corrected chi connectivity index (χ3v) is 5.71. The Morgan fingerprint density at radius 3 is 2.45 bits per heavy atom. The summed E-state index contributed by atoms with van der Waals surface area (Å²) in [6.07, 6.45) is 0.719. The van der Waals surface area contributed by atoms with Crippen LogP contribution < -0.4 is 9.47 Å². The summed E-state index contributed by atoms with van der Waals surface area (Å²) in [6, 6.07) is 11.0. The van der Waals surface area contributed by atoms with Crippen molar-refractivity contribution in [1.82, 2.24) is 9.80 Å². The van der Waals surface area contributed by atoms with Crippen LogP contribution in [0.1, 0.15) is 23.1 Å². The number of aliphatic hydroxyl groups is 1. The first kappa shape index (κ1) is 21.6. The quantitative estimate of drug-likeness (QED) is 0.735. The first-order chi connectivity index (χ1) is 14.0. The van der Waals surface area contributed by atoms with Crippen molar-refractivity contribution >= 4 is 0 Å². The highest BCUT2D eigenvalue weighted by Crippen LogP contribution is 2.32. The normalized spacial score (nSPS) is 18.0. The van der Waals surface area contributed by atoms with Crippen LogP contribution in [0.3, 0.4) is 0 Å². The Labute approximate surface area is 172 Å². The van der Waals surface area contributed by atoms with Crippen molar-refractivity contribution in [3.8, 4) is 11.5 Å². The fourth-order valence-electron chi connectivity index (χ4n) is 4.16. The van der Waals surface area contributed by atoms with Crippen LogP contribution in [0.2, 0.25) is 0 Å². The predicted molar refractivity (Wildman–Crippen MR) is 112 cm³/mol. The fourth-order valence-corrected chi connectivity index (χ4v) is 4.16. The Morgan fingerprint density at radius 1 is 1.03 bits per heavy atom. The lowest BCUT2D eigenvalue weighted by Gasteiger charge is -2.41. The fraction of sp³-hybridized carbons (Fsp3) is 0.478. The molecule has 0 bridgehead atoms. The average Bonchev–Trinajstić information content (AvgIpc) is 2.72. The van der Waals surface area contributed by atoms with Crippen molar-refractivity contribution in [2.24, 2.45) is 0 Å². The maximum atomic E-state index is 13.2. The number of rotatable bonds is 8. The summed E-state index contributed by atoms with van der Waals surface area (Å²) < 4.78 is 24.3. The van der Waals surface area contributed by atoms with E-state index in [4.69, 9.17) is 9.47 Å². The highest BCUT2D eigenvalue weighted by Gasteiger charge is 2.27. The second-order valence-electron chi connectivity index (χ2n) is 7.58. The third-order valence-electron chi connectivity index (χ3n) is 5.71. The van der Waals surface area contributed by atoms with Crippen molar-refractivity contribution in [2.45, 2.75) is 32.5 Å². The van der Waals surface area contributed by atoms with Gasteiger partial charge in [-0.3, -0.25) is 9.80 Å². The second kappa shape index (κ2) is 10.1. The van der Waals surface area contributed by atoms with Gasteiger partial charge in [-0.15, -0.1) is 0 Å². The zero-order chi connectivity index (χ0) is 20.8. The summed E-state index contributed by atoms with van der Waals surface area (Å²) in [5.41, 5.74) is 3.24.